The maximum Gasteiger partial charge on any atom is 0.307 e. The van der Waals surface area contributed by atoms with Crippen LogP contribution in [-0.4, -0.2) is 35.0 Å². The minimum absolute atomic E-state index is 0.0248. The van der Waals surface area contributed by atoms with Crippen LogP contribution in [0.2, 0.25) is 0 Å². The number of esters is 1. The van der Waals surface area contributed by atoms with Gasteiger partial charge in [-0.2, -0.15) is 5.26 Å². The number of carbonyl (C=O) groups excluding carboxylic acids is 3. The molecule has 2 atom stereocenters. The summed E-state index contributed by atoms with van der Waals surface area (Å²) in [7, 11) is 1.22. The first-order valence-electron chi connectivity index (χ1n) is 11.0. The Morgan fingerprint density at radius 1 is 1.19 bits per heavy atom. The molecule has 184 valence electrons. The Morgan fingerprint density at radius 3 is 2.50 bits per heavy atom. The van der Waals surface area contributed by atoms with Crippen LogP contribution in [0.4, 0.5) is 10.1 Å². The van der Waals surface area contributed by atoms with E-state index in [0.717, 1.165) is 27.8 Å². The van der Waals surface area contributed by atoms with E-state index in [1.165, 1.54) is 31.4 Å². The molecule has 2 amide bonds. The quantitative estimate of drug-likeness (QED) is 0.594. The molecule has 8 nitrogen and oxygen atoms in total. The van der Waals surface area contributed by atoms with Crippen molar-refractivity contribution < 1.29 is 23.5 Å². The van der Waals surface area contributed by atoms with Gasteiger partial charge < -0.3 is 15.8 Å². The summed E-state index contributed by atoms with van der Waals surface area (Å²) in [6.45, 7) is 3.86. The fourth-order valence-electron chi connectivity index (χ4n) is 4.15. The van der Waals surface area contributed by atoms with Crippen molar-refractivity contribution in [2.75, 3.05) is 12.4 Å². The highest BCUT2D eigenvalue weighted by atomic mass is 32.2. The van der Waals surface area contributed by atoms with E-state index in [1.54, 1.807) is 6.07 Å². The molecule has 1 saturated heterocycles. The summed E-state index contributed by atoms with van der Waals surface area (Å²) < 4.78 is 18.4. The van der Waals surface area contributed by atoms with E-state index < -0.39 is 34.8 Å². The largest absolute Gasteiger partial charge is 0.469 e. The predicted octanol–water partition coefficient (Wildman–Crippen LogP) is 3.59. The van der Waals surface area contributed by atoms with E-state index >= 15 is 0 Å². The minimum atomic E-state index is -0.953. The van der Waals surface area contributed by atoms with Gasteiger partial charge in [0, 0.05) is 5.69 Å². The van der Waals surface area contributed by atoms with Crippen molar-refractivity contribution in [3.63, 3.8) is 0 Å². The topological polar surface area (TPSA) is 126 Å². The van der Waals surface area contributed by atoms with E-state index in [-0.39, 0.29) is 28.4 Å². The molecule has 10 heteroatoms. The molecule has 4 rings (SSSR count). The summed E-state index contributed by atoms with van der Waals surface area (Å²) >= 11 is 1.01. The van der Waals surface area contributed by atoms with Crippen LogP contribution in [0.1, 0.15) is 29.0 Å². The molecule has 2 aliphatic rings. The lowest BCUT2D eigenvalue weighted by Crippen LogP contribution is -2.39. The fraction of sp³-hybridized carbons (Fsp3) is 0.231. The monoisotopic (exact) mass is 506 g/mol. The fourth-order valence-corrected chi connectivity index (χ4v) is 5.48. The molecule has 0 aliphatic carbocycles. The van der Waals surface area contributed by atoms with Crippen molar-refractivity contribution in [3.8, 4) is 6.07 Å². The van der Waals surface area contributed by atoms with E-state index in [2.05, 4.69) is 5.32 Å². The van der Waals surface area contributed by atoms with E-state index in [0.29, 0.717) is 11.3 Å². The number of methoxy groups -OCH3 is 1. The molecule has 0 aromatic heterocycles. The van der Waals surface area contributed by atoms with Gasteiger partial charge in [0.25, 0.3) is 5.91 Å². The second kappa shape index (κ2) is 9.87. The van der Waals surface area contributed by atoms with Crippen molar-refractivity contribution in [2.24, 2.45) is 5.73 Å². The standard InChI is InChI=1S/C26H23FN4O4S/c1-13-4-9-17(10-14(13)2)30-24(33)22-21(15-5-7-16(27)8-6-15)18(12-28)23(29)31-25(34)19(36-26(22)31)11-20(32)35-3/h4-10,19,21H,11,29H2,1-3H3,(H,30,33)/t19-,21+/m0/s1. The summed E-state index contributed by atoms with van der Waals surface area (Å²) in [4.78, 5) is 40.0. The number of ether oxygens (including phenoxy) is 1. The van der Waals surface area contributed by atoms with Crippen LogP contribution in [0, 0.1) is 31.0 Å². The highest BCUT2D eigenvalue weighted by molar-refractivity contribution is 8.04. The molecular formula is C26H23FN4O4S. The normalized spacial score (nSPS) is 19.2. The lowest BCUT2D eigenvalue weighted by atomic mass is 9.82. The lowest BCUT2D eigenvalue weighted by molar-refractivity contribution is -0.142. The van der Waals surface area contributed by atoms with Gasteiger partial charge in [-0.1, -0.05) is 30.0 Å². The Labute approximate surface area is 211 Å². The molecule has 2 aromatic rings. The Bertz CT molecular complexity index is 1380. The molecule has 0 radical (unpaired) electrons. The number of nitrogens with two attached hydrogens (primary N) is 1. The smallest absolute Gasteiger partial charge is 0.307 e. The number of anilines is 1. The first kappa shape index (κ1) is 25.0. The maximum absolute atomic E-state index is 13.8. The van der Waals surface area contributed by atoms with Crippen LogP contribution in [0.5, 0.6) is 0 Å². The predicted molar refractivity (Wildman–Crippen MR) is 132 cm³/mol. The van der Waals surface area contributed by atoms with Crippen LogP contribution >= 0.6 is 11.8 Å². The molecule has 0 saturated carbocycles. The number of aryl methyl sites for hydroxylation is 2. The number of nitriles is 1. The number of fused-ring (bicyclic) bond motifs is 1. The van der Waals surface area contributed by atoms with Gasteiger partial charge >= 0.3 is 5.97 Å². The number of nitrogens with zero attached hydrogens (tertiary/aromatic N) is 2. The van der Waals surface area contributed by atoms with Crippen LogP contribution in [0.3, 0.4) is 0 Å². The van der Waals surface area contributed by atoms with Crippen LogP contribution < -0.4 is 11.1 Å². The van der Waals surface area contributed by atoms with Crippen LogP contribution in [-0.2, 0) is 19.1 Å². The van der Waals surface area contributed by atoms with Gasteiger partial charge in [-0.15, -0.1) is 0 Å². The Balaban J connectivity index is 1.87. The van der Waals surface area contributed by atoms with Crippen molar-refractivity contribution in [2.45, 2.75) is 31.4 Å². The van der Waals surface area contributed by atoms with Crippen LogP contribution in [0.15, 0.2) is 64.5 Å². The molecule has 1 fully saturated rings. The zero-order chi connectivity index (χ0) is 26.1. The van der Waals surface area contributed by atoms with Crippen molar-refractivity contribution in [3.05, 3.63) is 87.0 Å². The number of benzene rings is 2. The second-order valence-corrected chi connectivity index (χ2v) is 9.62. The molecule has 2 aromatic carbocycles. The zero-order valence-electron chi connectivity index (χ0n) is 19.8. The van der Waals surface area contributed by atoms with Gasteiger partial charge in [0.2, 0.25) is 5.91 Å². The Hall–Kier alpha value is -4.10. The number of halogens is 1. The van der Waals surface area contributed by atoms with Gasteiger partial charge in [-0.3, -0.25) is 19.3 Å². The molecule has 0 bridgehead atoms. The zero-order valence-corrected chi connectivity index (χ0v) is 20.6. The molecule has 0 spiro atoms. The van der Waals surface area contributed by atoms with Crippen molar-refractivity contribution >= 4 is 35.2 Å². The Morgan fingerprint density at radius 2 is 1.89 bits per heavy atom. The molecule has 0 unspecified atom stereocenters. The minimum Gasteiger partial charge on any atom is -0.469 e. The van der Waals surface area contributed by atoms with Crippen molar-refractivity contribution in [1.82, 2.24) is 4.90 Å². The lowest BCUT2D eigenvalue weighted by Gasteiger charge is -2.32. The maximum atomic E-state index is 13.8. The number of nitrogens with one attached hydrogen (secondary N) is 1. The number of allylic oxidation sites excluding steroid dienone is 1. The summed E-state index contributed by atoms with van der Waals surface area (Å²) in [6.07, 6.45) is -0.234. The number of hydrogen-bond acceptors (Lipinski definition) is 7. The second-order valence-electron chi connectivity index (χ2n) is 8.43. The summed E-state index contributed by atoms with van der Waals surface area (Å²) in [6, 6.07) is 12.9. The van der Waals surface area contributed by atoms with Gasteiger partial charge in [0.1, 0.15) is 16.9 Å². The van der Waals surface area contributed by atoms with E-state index in [9.17, 15) is 24.0 Å². The van der Waals surface area contributed by atoms with Crippen molar-refractivity contribution in [1.29, 1.82) is 5.26 Å². The average molecular weight is 507 g/mol. The highest BCUT2D eigenvalue weighted by Crippen LogP contribution is 2.50. The van der Waals surface area contributed by atoms with Gasteiger partial charge in [-0.05, 0) is 54.8 Å². The number of rotatable bonds is 5. The molecular weight excluding hydrogens is 483 g/mol. The molecule has 2 heterocycles. The van der Waals surface area contributed by atoms with E-state index in [1.807, 2.05) is 32.0 Å². The average Bonchev–Trinajstić information content (AvgIpc) is 3.17. The summed E-state index contributed by atoms with van der Waals surface area (Å²) in [5.74, 6) is -3.24. The summed E-state index contributed by atoms with van der Waals surface area (Å²) in [5.41, 5.74) is 9.38. The summed E-state index contributed by atoms with van der Waals surface area (Å²) in [5, 5.41) is 12.2. The third kappa shape index (κ3) is 4.45. The number of carbonyl (C=O) groups is 3. The van der Waals surface area contributed by atoms with E-state index in [4.69, 9.17) is 10.5 Å². The third-order valence-electron chi connectivity index (χ3n) is 6.19. The molecule has 3 N–H and O–H groups in total. The molecule has 36 heavy (non-hydrogen) atoms. The number of thioether (sulfide) groups is 1. The SMILES string of the molecule is COC(=O)C[C@@H]1SC2=C(C(=O)Nc3ccc(C)c(C)c3)[C@H](c3ccc(F)cc3)C(C#N)=C(N)N2C1=O. The van der Waals surface area contributed by atoms with Gasteiger partial charge in [0.15, 0.2) is 0 Å². The Kier molecular flexibility index (Phi) is 6.86. The highest BCUT2D eigenvalue weighted by Gasteiger charge is 2.48. The van der Waals surface area contributed by atoms with Gasteiger partial charge in [-0.25, -0.2) is 4.39 Å². The first-order valence-corrected chi connectivity index (χ1v) is 11.9. The third-order valence-corrected chi connectivity index (χ3v) is 7.47. The number of hydrogen-bond donors (Lipinski definition) is 2. The van der Waals surface area contributed by atoms with Gasteiger partial charge in [0.05, 0.1) is 41.7 Å². The van der Waals surface area contributed by atoms with Crippen LogP contribution in [0.25, 0.3) is 0 Å². The molecule has 2 aliphatic heterocycles. The first-order chi connectivity index (χ1) is 17.2. The number of amides is 2.